The maximum Gasteiger partial charge on any atom is 0.472 e. The minimum Gasteiger partial charge on any atom is -0.463 e. The Morgan fingerprint density at radius 1 is 1.38 bits per heavy atom. The fourth-order valence-electron chi connectivity index (χ4n) is 0.608. The highest BCUT2D eigenvalue weighted by Crippen LogP contribution is 2.42. The molecule has 0 saturated carbocycles. The number of esters is 1. The van der Waals surface area contributed by atoms with Crippen molar-refractivity contribution in [2.75, 3.05) is 26.4 Å². The molecule has 0 aromatic carbocycles. The Kier molecular flexibility index (Phi) is 7.48. The van der Waals surface area contributed by atoms with Crippen LogP contribution in [0, 0.1) is 0 Å². The Morgan fingerprint density at radius 3 is 2.50 bits per heavy atom. The van der Waals surface area contributed by atoms with Gasteiger partial charge in [-0.3, -0.25) is 13.8 Å². The molecule has 96 valence electrons. The average molecular weight is 258 g/mol. The molecule has 3 N–H and O–H groups in total. The zero-order valence-electron chi connectivity index (χ0n) is 8.74. The van der Waals surface area contributed by atoms with E-state index in [1.54, 1.807) is 0 Å². The molecule has 0 heterocycles. The first-order chi connectivity index (χ1) is 7.37. The van der Waals surface area contributed by atoms with E-state index in [1.807, 2.05) is 0 Å². The van der Waals surface area contributed by atoms with E-state index < -0.39 is 33.1 Å². The molecule has 2 atom stereocenters. The topological polar surface area (TPSA) is 123 Å². The third-order valence-electron chi connectivity index (χ3n) is 1.28. The van der Waals surface area contributed by atoms with Gasteiger partial charge in [0, 0.05) is 6.92 Å². The van der Waals surface area contributed by atoms with Crippen LogP contribution in [-0.2, 0) is 23.1 Å². The maximum absolute atomic E-state index is 11.1. The number of carbonyl (C=O) groups excluding carboxylic acids is 1. The summed E-state index contributed by atoms with van der Waals surface area (Å²) >= 11 is 0. The summed E-state index contributed by atoms with van der Waals surface area (Å²) in [5.41, 5.74) is 0. The van der Waals surface area contributed by atoms with Crippen LogP contribution in [-0.4, -0.2) is 53.6 Å². The lowest BCUT2D eigenvalue weighted by Crippen LogP contribution is -2.19. The molecule has 0 bridgehead atoms. The van der Waals surface area contributed by atoms with Crippen LogP contribution in [0.15, 0.2) is 0 Å². The first-order valence-corrected chi connectivity index (χ1v) is 5.91. The molecule has 8 nitrogen and oxygen atoms in total. The number of rotatable bonds is 8. The number of aliphatic hydroxyl groups excluding tert-OH is 2. The van der Waals surface area contributed by atoms with Gasteiger partial charge in [0.2, 0.25) is 0 Å². The summed E-state index contributed by atoms with van der Waals surface area (Å²) in [6.45, 7) is -0.410. The van der Waals surface area contributed by atoms with E-state index in [-0.39, 0.29) is 13.2 Å². The first-order valence-electron chi connectivity index (χ1n) is 4.41. The summed E-state index contributed by atoms with van der Waals surface area (Å²) in [6, 6.07) is 0. The predicted octanol–water partition coefficient (Wildman–Crippen LogP) is -0.964. The van der Waals surface area contributed by atoms with Gasteiger partial charge in [0.05, 0.1) is 19.8 Å². The minimum atomic E-state index is -4.28. The van der Waals surface area contributed by atoms with Gasteiger partial charge in [-0.25, -0.2) is 4.57 Å². The van der Waals surface area contributed by atoms with Crippen molar-refractivity contribution in [1.82, 2.24) is 0 Å². The van der Waals surface area contributed by atoms with Crippen molar-refractivity contribution in [1.29, 1.82) is 0 Å². The first kappa shape index (κ1) is 15.5. The number of hydrogen-bond donors (Lipinski definition) is 3. The number of carbonyl (C=O) groups is 1. The Morgan fingerprint density at radius 2 is 2.00 bits per heavy atom. The highest BCUT2D eigenvalue weighted by atomic mass is 31.2. The van der Waals surface area contributed by atoms with Crippen molar-refractivity contribution in [2.45, 2.75) is 13.0 Å². The average Bonchev–Trinajstić information content (AvgIpc) is 2.21. The van der Waals surface area contributed by atoms with Crippen molar-refractivity contribution in [3.8, 4) is 0 Å². The molecule has 0 rings (SSSR count). The van der Waals surface area contributed by atoms with Crippen molar-refractivity contribution in [2.24, 2.45) is 0 Å². The molecular formula is C7H15O8P. The number of aliphatic hydroxyl groups is 2. The molecular weight excluding hydrogens is 243 g/mol. The smallest absolute Gasteiger partial charge is 0.463 e. The second-order valence-corrected chi connectivity index (χ2v) is 4.23. The zero-order chi connectivity index (χ0) is 12.6. The van der Waals surface area contributed by atoms with Gasteiger partial charge in [0.25, 0.3) is 0 Å². The quantitative estimate of drug-likeness (QED) is 0.289. The van der Waals surface area contributed by atoms with Crippen LogP contribution in [0.25, 0.3) is 0 Å². The monoisotopic (exact) mass is 258 g/mol. The summed E-state index contributed by atoms with van der Waals surface area (Å²) in [5, 5.41) is 17.2. The Labute approximate surface area is 92.4 Å². The van der Waals surface area contributed by atoms with E-state index >= 15 is 0 Å². The second kappa shape index (κ2) is 7.72. The van der Waals surface area contributed by atoms with Crippen LogP contribution in [0.2, 0.25) is 0 Å². The largest absolute Gasteiger partial charge is 0.472 e. The van der Waals surface area contributed by atoms with Crippen LogP contribution >= 0.6 is 7.82 Å². The van der Waals surface area contributed by atoms with Crippen LogP contribution in [0.3, 0.4) is 0 Å². The SMILES string of the molecule is CC(=O)OCCOP(=O)(O)OC[C@H](O)CO. The van der Waals surface area contributed by atoms with Gasteiger partial charge in [0.1, 0.15) is 12.7 Å². The third-order valence-corrected chi connectivity index (χ3v) is 2.27. The number of ether oxygens (including phenoxy) is 1. The fraction of sp³-hybridized carbons (Fsp3) is 0.857. The van der Waals surface area contributed by atoms with Crippen LogP contribution < -0.4 is 0 Å². The normalized spacial score (nSPS) is 16.5. The summed E-state index contributed by atoms with van der Waals surface area (Å²) in [6.07, 6.45) is -1.25. The predicted molar refractivity (Wildman–Crippen MR) is 51.5 cm³/mol. The Balaban J connectivity index is 3.70. The van der Waals surface area contributed by atoms with Gasteiger partial charge in [0.15, 0.2) is 0 Å². The number of phosphoric ester groups is 1. The van der Waals surface area contributed by atoms with E-state index in [9.17, 15) is 9.36 Å². The van der Waals surface area contributed by atoms with Crippen LogP contribution in [0.1, 0.15) is 6.92 Å². The van der Waals surface area contributed by atoms with Gasteiger partial charge < -0.3 is 19.8 Å². The van der Waals surface area contributed by atoms with Crippen molar-refractivity contribution < 1.29 is 38.3 Å². The minimum absolute atomic E-state index is 0.175. The van der Waals surface area contributed by atoms with Gasteiger partial charge in [-0.1, -0.05) is 0 Å². The highest BCUT2D eigenvalue weighted by Gasteiger charge is 2.22. The van der Waals surface area contributed by atoms with E-state index in [4.69, 9.17) is 15.1 Å². The zero-order valence-corrected chi connectivity index (χ0v) is 9.63. The Hall–Kier alpha value is -0.500. The number of hydrogen-bond acceptors (Lipinski definition) is 7. The molecule has 0 aromatic rings. The molecule has 1 unspecified atom stereocenters. The molecule has 0 aliphatic heterocycles. The standard InChI is InChI=1S/C7H15O8P/c1-6(9)13-2-3-14-16(11,12)15-5-7(10)4-8/h7-8,10H,2-5H2,1H3,(H,11,12)/t7-/m1/s1. The molecule has 0 spiro atoms. The number of phosphoric acid groups is 1. The summed E-state index contributed by atoms with van der Waals surface area (Å²) in [4.78, 5) is 19.3. The van der Waals surface area contributed by atoms with Gasteiger partial charge in [-0.2, -0.15) is 0 Å². The summed E-state index contributed by atoms with van der Waals surface area (Å²) in [5.74, 6) is -0.534. The second-order valence-electron chi connectivity index (χ2n) is 2.77. The van der Waals surface area contributed by atoms with Crippen molar-refractivity contribution in [3.63, 3.8) is 0 Å². The fourth-order valence-corrected chi connectivity index (χ4v) is 1.35. The summed E-state index contributed by atoms with van der Waals surface area (Å²) in [7, 11) is -4.28. The molecule has 0 saturated heterocycles. The van der Waals surface area contributed by atoms with Gasteiger partial charge in [-0.15, -0.1) is 0 Å². The third kappa shape index (κ3) is 8.78. The molecule has 9 heteroatoms. The summed E-state index contributed by atoms with van der Waals surface area (Å²) < 4.78 is 24.2. The molecule has 0 aliphatic carbocycles. The highest BCUT2D eigenvalue weighted by molar-refractivity contribution is 7.47. The molecule has 0 amide bonds. The van der Waals surface area contributed by atoms with E-state index in [0.29, 0.717) is 0 Å². The van der Waals surface area contributed by atoms with E-state index in [2.05, 4.69) is 13.8 Å². The van der Waals surface area contributed by atoms with Crippen molar-refractivity contribution >= 4 is 13.8 Å². The molecule has 0 aromatic heterocycles. The molecule has 0 aliphatic rings. The Bertz CT molecular complexity index is 255. The van der Waals surface area contributed by atoms with Gasteiger partial charge in [-0.05, 0) is 0 Å². The van der Waals surface area contributed by atoms with Crippen LogP contribution in [0.4, 0.5) is 0 Å². The van der Waals surface area contributed by atoms with E-state index in [0.717, 1.165) is 0 Å². The molecule has 16 heavy (non-hydrogen) atoms. The molecule has 0 radical (unpaired) electrons. The van der Waals surface area contributed by atoms with Gasteiger partial charge >= 0.3 is 13.8 Å². The lowest BCUT2D eigenvalue weighted by atomic mass is 10.4. The molecule has 0 fully saturated rings. The van der Waals surface area contributed by atoms with Crippen LogP contribution in [0.5, 0.6) is 0 Å². The lowest BCUT2D eigenvalue weighted by molar-refractivity contribution is -0.141. The maximum atomic E-state index is 11.1. The van der Waals surface area contributed by atoms with E-state index in [1.165, 1.54) is 6.92 Å². The lowest BCUT2D eigenvalue weighted by Gasteiger charge is -2.13. The van der Waals surface area contributed by atoms with Crippen molar-refractivity contribution in [3.05, 3.63) is 0 Å².